The molecule has 0 atom stereocenters. The molecule has 0 fully saturated rings. The number of rotatable bonds is 12. The minimum atomic E-state index is 0.268. The molecule has 0 amide bonds. The summed E-state index contributed by atoms with van der Waals surface area (Å²) in [6.07, 6.45) is 0.268. The van der Waals surface area contributed by atoms with Crippen LogP contribution >= 0.6 is 0 Å². The first-order valence-corrected chi connectivity index (χ1v) is 9.20. The molecule has 0 bridgehead atoms. The van der Waals surface area contributed by atoms with Crippen LogP contribution in [0.2, 0.25) is 0 Å². The van der Waals surface area contributed by atoms with E-state index in [1.807, 2.05) is 0 Å². The number of ether oxygens (including phenoxy) is 2. The first kappa shape index (κ1) is 25.1. The number of nitrogens with zero attached hydrogens (tertiary/aromatic N) is 6. The zero-order chi connectivity index (χ0) is 20.3. The third kappa shape index (κ3) is 9.68. The maximum Gasteiger partial charge on any atom is 0.349 e. The summed E-state index contributed by atoms with van der Waals surface area (Å²) in [6, 6.07) is 0. The first-order chi connectivity index (χ1) is 12.1. The highest BCUT2D eigenvalue weighted by Crippen LogP contribution is 2.02. The molecule has 0 aromatic carbocycles. The summed E-state index contributed by atoms with van der Waals surface area (Å²) in [5.41, 5.74) is 0. The van der Waals surface area contributed by atoms with E-state index in [1.165, 1.54) is 0 Å². The second-order valence-electron chi connectivity index (χ2n) is 7.49. The predicted molar refractivity (Wildman–Crippen MR) is 109 cm³/mol. The van der Waals surface area contributed by atoms with Gasteiger partial charge in [-0.1, -0.05) is 0 Å². The van der Waals surface area contributed by atoms with Gasteiger partial charge in [-0.3, -0.25) is 29.1 Å². The maximum atomic E-state index is 5.71. The SMILES string of the molecule is CN(C)C(N(C)CCOCCOCCN(C)C(N(C)C)N(C)C)=[N+](C)C. The van der Waals surface area contributed by atoms with Crippen LogP contribution in [0.1, 0.15) is 0 Å². The fourth-order valence-corrected chi connectivity index (χ4v) is 3.28. The highest BCUT2D eigenvalue weighted by atomic mass is 16.5. The van der Waals surface area contributed by atoms with Crippen LogP contribution in [0.5, 0.6) is 0 Å². The van der Waals surface area contributed by atoms with Gasteiger partial charge in [-0.2, -0.15) is 0 Å². The van der Waals surface area contributed by atoms with E-state index >= 15 is 0 Å². The molecular formula is C18H43N6O2+. The Bertz CT molecular complexity index is 389. The summed E-state index contributed by atoms with van der Waals surface area (Å²) < 4.78 is 13.5. The number of hydrogen-bond donors (Lipinski definition) is 0. The van der Waals surface area contributed by atoms with Crippen LogP contribution in [0, 0.1) is 0 Å². The summed E-state index contributed by atoms with van der Waals surface area (Å²) in [6.45, 7) is 4.38. The average molecular weight is 376 g/mol. The fraction of sp³-hybridized carbons (Fsp3) is 0.944. The van der Waals surface area contributed by atoms with Crippen LogP contribution in [-0.2, 0) is 9.47 Å². The van der Waals surface area contributed by atoms with Crippen molar-refractivity contribution >= 4 is 5.96 Å². The molecule has 0 unspecified atom stereocenters. The zero-order valence-electron chi connectivity index (χ0n) is 18.8. The van der Waals surface area contributed by atoms with Gasteiger partial charge in [0.2, 0.25) is 0 Å². The fourth-order valence-electron chi connectivity index (χ4n) is 3.28. The molecule has 0 radical (unpaired) electrons. The van der Waals surface area contributed by atoms with Crippen LogP contribution in [0.3, 0.4) is 0 Å². The van der Waals surface area contributed by atoms with Crippen molar-refractivity contribution in [1.82, 2.24) is 24.5 Å². The molecule has 0 aliphatic heterocycles. The zero-order valence-corrected chi connectivity index (χ0v) is 18.8. The first-order valence-electron chi connectivity index (χ1n) is 9.20. The van der Waals surface area contributed by atoms with E-state index in [-0.39, 0.29) is 6.29 Å². The largest absolute Gasteiger partial charge is 0.378 e. The van der Waals surface area contributed by atoms with Gasteiger partial charge in [0.25, 0.3) is 0 Å². The maximum absolute atomic E-state index is 5.71. The Balaban J connectivity index is 3.88. The summed E-state index contributed by atoms with van der Waals surface area (Å²) in [7, 11) is 20.7. The van der Waals surface area contributed by atoms with Gasteiger partial charge in [0.15, 0.2) is 0 Å². The smallest absolute Gasteiger partial charge is 0.349 e. The van der Waals surface area contributed by atoms with E-state index in [0.29, 0.717) is 26.4 Å². The second-order valence-corrected chi connectivity index (χ2v) is 7.49. The number of likely N-dealkylation sites (N-methyl/N-ethyl adjacent to an activating group) is 2. The lowest BCUT2D eigenvalue weighted by Gasteiger charge is -2.37. The molecule has 0 aromatic rings. The summed E-state index contributed by atoms with van der Waals surface area (Å²) in [5, 5.41) is 0. The van der Waals surface area contributed by atoms with Gasteiger partial charge in [0.1, 0.15) is 6.29 Å². The molecule has 8 nitrogen and oxygen atoms in total. The normalized spacial score (nSPS) is 11.8. The monoisotopic (exact) mass is 375 g/mol. The highest BCUT2D eigenvalue weighted by Gasteiger charge is 2.19. The van der Waals surface area contributed by atoms with Crippen molar-refractivity contribution in [2.75, 3.05) is 110 Å². The van der Waals surface area contributed by atoms with Crippen molar-refractivity contribution < 1.29 is 14.0 Å². The lowest BCUT2D eigenvalue weighted by Crippen LogP contribution is -2.52. The Kier molecular flexibility index (Phi) is 12.8. The molecular weight excluding hydrogens is 332 g/mol. The lowest BCUT2D eigenvalue weighted by atomic mass is 10.5. The average Bonchev–Trinajstić information content (AvgIpc) is 2.48. The molecule has 0 aliphatic carbocycles. The molecule has 0 aromatic heterocycles. The number of guanidine groups is 1. The third-order valence-electron chi connectivity index (χ3n) is 3.99. The van der Waals surface area contributed by atoms with Crippen molar-refractivity contribution in [3.63, 3.8) is 0 Å². The van der Waals surface area contributed by atoms with Crippen molar-refractivity contribution in [3.8, 4) is 0 Å². The van der Waals surface area contributed by atoms with E-state index < -0.39 is 0 Å². The molecule has 0 saturated carbocycles. The molecule has 0 heterocycles. The molecule has 0 spiro atoms. The van der Waals surface area contributed by atoms with Gasteiger partial charge in [-0.05, 0) is 35.2 Å². The minimum Gasteiger partial charge on any atom is -0.378 e. The molecule has 156 valence electrons. The molecule has 26 heavy (non-hydrogen) atoms. The Labute approximate surface area is 161 Å². The molecule has 0 saturated heterocycles. The lowest BCUT2D eigenvalue weighted by molar-refractivity contribution is -0.475. The topological polar surface area (TPSA) is 37.7 Å². The van der Waals surface area contributed by atoms with Crippen LogP contribution < -0.4 is 0 Å². The molecule has 8 heteroatoms. The van der Waals surface area contributed by atoms with Gasteiger partial charge >= 0.3 is 5.96 Å². The third-order valence-corrected chi connectivity index (χ3v) is 3.99. The van der Waals surface area contributed by atoms with E-state index in [1.54, 1.807) is 0 Å². The van der Waals surface area contributed by atoms with Crippen LogP contribution in [-0.4, -0.2) is 151 Å². The Morgan fingerprint density at radius 1 is 0.731 bits per heavy atom. The number of hydrogen-bond acceptors (Lipinski definition) is 5. The van der Waals surface area contributed by atoms with Crippen molar-refractivity contribution in [2.24, 2.45) is 0 Å². The Morgan fingerprint density at radius 3 is 1.58 bits per heavy atom. The van der Waals surface area contributed by atoms with Crippen molar-refractivity contribution in [1.29, 1.82) is 0 Å². The van der Waals surface area contributed by atoms with Gasteiger partial charge < -0.3 is 9.47 Å². The van der Waals surface area contributed by atoms with Crippen molar-refractivity contribution in [3.05, 3.63) is 0 Å². The van der Waals surface area contributed by atoms with Crippen LogP contribution in [0.25, 0.3) is 0 Å². The summed E-state index contributed by atoms with van der Waals surface area (Å²) in [5.74, 6) is 1.16. The van der Waals surface area contributed by atoms with Gasteiger partial charge in [0, 0.05) is 6.54 Å². The minimum absolute atomic E-state index is 0.268. The molecule has 0 rings (SSSR count). The van der Waals surface area contributed by atoms with E-state index in [9.17, 15) is 0 Å². The quantitative estimate of drug-likeness (QED) is 0.149. The molecule has 0 N–H and O–H groups in total. The van der Waals surface area contributed by atoms with Gasteiger partial charge in [0.05, 0.1) is 68.2 Å². The van der Waals surface area contributed by atoms with Gasteiger partial charge in [-0.25, -0.2) is 0 Å². The Morgan fingerprint density at radius 2 is 1.19 bits per heavy atom. The molecule has 0 aliphatic rings. The van der Waals surface area contributed by atoms with Crippen LogP contribution in [0.15, 0.2) is 0 Å². The summed E-state index contributed by atoms with van der Waals surface area (Å²) >= 11 is 0. The summed E-state index contributed by atoms with van der Waals surface area (Å²) in [4.78, 5) is 10.9. The highest BCUT2D eigenvalue weighted by molar-refractivity contribution is 5.74. The van der Waals surface area contributed by atoms with Crippen molar-refractivity contribution in [2.45, 2.75) is 6.29 Å². The Hall–Kier alpha value is -0.930. The predicted octanol–water partition coefficient (Wildman–Crippen LogP) is -0.520. The standard InChI is InChI=1S/C18H43N6O2/c1-19(2)17(20(3)4)23(9)11-13-25-15-16-26-14-12-24(10)18(21(5)6)22(7)8/h17H,11-16H2,1-10H3/q+1. The van der Waals surface area contributed by atoms with E-state index in [0.717, 1.165) is 19.0 Å². The second kappa shape index (κ2) is 13.3. The van der Waals surface area contributed by atoms with E-state index in [2.05, 4.69) is 99.6 Å². The van der Waals surface area contributed by atoms with Crippen LogP contribution in [0.4, 0.5) is 0 Å². The van der Waals surface area contributed by atoms with Gasteiger partial charge in [-0.15, -0.1) is 0 Å². The van der Waals surface area contributed by atoms with E-state index in [4.69, 9.17) is 9.47 Å².